The third-order valence-electron chi connectivity index (χ3n) is 5.39. The van der Waals surface area contributed by atoms with Gasteiger partial charge in [0.25, 0.3) is 0 Å². The Morgan fingerprint density at radius 2 is 1.81 bits per heavy atom. The van der Waals surface area contributed by atoms with Gasteiger partial charge in [-0.1, -0.05) is 18.2 Å². The smallest absolute Gasteiger partial charge is 0.344 e. The van der Waals surface area contributed by atoms with E-state index < -0.39 is 54.5 Å². The summed E-state index contributed by atoms with van der Waals surface area (Å²) in [5, 5.41) is 50.3. The lowest BCUT2D eigenvalue weighted by atomic mass is 9.99. The van der Waals surface area contributed by atoms with Crippen molar-refractivity contribution in [1.82, 2.24) is 0 Å². The monoisotopic (exact) mass is 432 g/mol. The van der Waals surface area contributed by atoms with E-state index in [2.05, 4.69) is 0 Å². The van der Waals surface area contributed by atoms with E-state index >= 15 is 0 Å². The molecule has 0 spiro atoms. The molecule has 4 rings (SSSR count). The van der Waals surface area contributed by atoms with Crippen molar-refractivity contribution in [3.8, 4) is 5.75 Å². The van der Waals surface area contributed by atoms with Gasteiger partial charge in [-0.3, -0.25) is 0 Å². The van der Waals surface area contributed by atoms with Crippen molar-refractivity contribution >= 4 is 27.7 Å². The fourth-order valence-electron chi connectivity index (χ4n) is 3.78. The van der Waals surface area contributed by atoms with Crippen LogP contribution in [0.3, 0.4) is 0 Å². The van der Waals surface area contributed by atoms with E-state index in [1.807, 2.05) is 0 Å². The second kappa shape index (κ2) is 7.91. The Morgan fingerprint density at radius 3 is 2.48 bits per heavy atom. The van der Waals surface area contributed by atoms with E-state index in [0.29, 0.717) is 21.7 Å². The molecule has 0 amide bonds. The molecule has 164 valence electrons. The Hall–Kier alpha value is -3.02. The van der Waals surface area contributed by atoms with Crippen molar-refractivity contribution in [2.45, 2.75) is 37.6 Å². The van der Waals surface area contributed by atoms with Crippen LogP contribution in [0.5, 0.6) is 5.75 Å². The molecule has 1 aliphatic heterocycles. The molecular formula is C21H20O10. The van der Waals surface area contributed by atoms with Crippen molar-refractivity contribution in [1.29, 1.82) is 0 Å². The van der Waals surface area contributed by atoms with Crippen LogP contribution in [0.25, 0.3) is 21.7 Å². The first kappa shape index (κ1) is 21.2. The van der Waals surface area contributed by atoms with Gasteiger partial charge in [-0.15, -0.1) is 0 Å². The van der Waals surface area contributed by atoms with E-state index in [1.54, 1.807) is 25.1 Å². The molecule has 0 saturated carbocycles. The van der Waals surface area contributed by atoms with Crippen LogP contribution < -0.4 is 10.4 Å². The lowest BCUT2D eigenvalue weighted by molar-refractivity contribution is -0.277. The molecule has 2 heterocycles. The summed E-state index contributed by atoms with van der Waals surface area (Å²) in [5.74, 6) is -1.75. The van der Waals surface area contributed by atoms with Crippen molar-refractivity contribution in [3.63, 3.8) is 0 Å². The molecule has 1 saturated heterocycles. The Kier molecular flexibility index (Phi) is 5.42. The molecule has 3 aromatic rings. The minimum absolute atomic E-state index is 0.224. The Morgan fingerprint density at radius 1 is 1.06 bits per heavy atom. The molecule has 1 aliphatic rings. The van der Waals surface area contributed by atoms with Gasteiger partial charge in [0.2, 0.25) is 6.29 Å². The number of aromatic carboxylic acids is 1. The molecule has 5 atom stereocenters. The molecule has 1 fully saturated rings. The van der Waals surface area contributed by atoms with Crippen LogP contribution in [0.1, 0.15) is 15.9 Å². The predicted octanol–water partition coefficient (Wildman–Crippen LogP) is 0.132. The second-order valence-corrected chi connectivity index (χ2v) is 7.32. The summed E-state index contributed by atoms with van der Waals surface area (Å²) >= 11 is 0. The normalized spacial score (nSPS) is 26.3. The quantitative estimate of drug-likeness (QED) is 0.282. The van der Waals surface area contributed by atoms with E-state index in [-0.39, 0.29) is 11.3 Å². The average molecular weight is 432 g/mol. The third-order valence-corrected chi connectivity index (χ3v) is 5.39. The summed E-state index contributed by atoms with van der Waals surface area (Å²) in [7, 11) is 0. The maximum absolute atomic E-state index is 12.5. The number of ether oxygens (including phenoxy) is 2. The van der Waals surface area contributed by atoms with Crippen LogP contribution in [0.4, 0.5) is 0 Å². The molecule has 0 unspecified atom stereocenters. The summed E-state index contributed by atoms with van der Waals surface area (Å²) in [6.45, 7) is 1.06. The fraction of sp³-hybridized carbons (Fsp3) is 0.333. The number of fused-ring (bicyclic) bond motifs is 3. The van der Waals surface area contributed by atoms with Crippen LogP contribution in [-0.4, -0.2) is 68.8 Å². The number of hydrogen-bond donors (Lipinski definition) is 5. The first-order valence-corrected chi connectivity index (χ1v) is 9.44. The van der Waals surface area contributed by atoms with Crippen molar-refractivity contribution in [3.05, 3.63) is 51.9 Å². The van der Waals surface area contributed by atoms with Crippen LogP contribution >= 0.6 is 0 Å². The zero-order valence-electron chi connectivity index (χ0n) is 16.3. The maximum Gasteiger partial charge on any atom is 0.344 e. The van der Waals surface area contributed by atoms with Crippen molar-refractivity contribution in [2.75, 3.05) is 6.61 Å². The minimum atomic E-state index is -1.73. The summed E-state index contributed by atoms with van der Waals surface area (Å²) < 4.78 is 16.1. The Balaban J connectivity index is 1.86. The number of aryl methyl sites for hydroxylation is 1. The van der Waals surface area contributed by atoms with Gasteiger partial charge in [0, 0.05) is 10.8 Å². The molecule has 31 heavy (non-hydrogen) atoms. The molecule has 5 N–H and O–H groups in total. The topological polar surface area (TPSA) is 167 Å². The lowest BCUT2D eigenvalue weighted by Gasteiger charge is -2.39. The SMILES string of the molecule is Cc1cccc2c1c(=O)oc1c(C(=O)O)c(O[C@@H]3O[C@H](CO)[C@@H](O)[C@H](O)[C@H]3O)ccc12. The second-order valence-electron chi connectivity index (χ2n) is 7.32. The maximum atomic E-state index is 12.5. The van der Waals surface area contributed by atoms with E-state index in [9.17, 15) is 35.1 Å². The summed E-state index contributed by atoms with van der Waals surface area (Å²) in [6, 6.07) is 7.96. The Bertz CT molecular complexity index is 1210. The van der Waals surface area contributed by atoms with Crippen LogP contribution in [-0.2, 0) is 4.74 Å². The molecule has 10 nitrogen and oxygen atoms in total. The van der Waals surface area contributed by atoms with Gasteiger partial charge < -0.3 is 39.4 Å². The van der Waals surface area contributed by atoms with Gasteiger partial charge in [-0.2, -0.15) is 0 Å². The summed E-state index contributed by atoms with van der Waals surface area (Å²) in [4.78, 5) is 24.6. The number of carboxylic acid groups (broad SMARTS) is 1. The van der Waals surface area contributed by atoms with Gasteiger partial charge in [-0.25, -0.2) is 9.59 Å². The van der Waals surface area contributed by atoms with E-state index in [0.717, 1.165) is 0 Å². The van der Waals surface area contributed by atoms with Gasteiger partial charge in [0.1, 0.15) is 35.7 Å². The predicted molar refractivity (Wildman–Crippen MR) is 106 cm³/mol. The van der Waals surface area contributed by atoms with Crippen LogP contribution in [0, 0.1) is 6.92 Å². The highest BCUT2D eigenvalue weighted by Crippen LogP contribution is 2.34. The van der Waals surface area contributed by atoms with E-state index in [4.69, 9.17) is 13.9 Å². The highest BCUT2D eigenvalue weighted by molar-refractivity contribution is 6.12. The standard InChI is InChI=1S/C21H20O10/c1-8-3-2-4-9-10-5-6-11(14(19(26)27)18(10)31-20(28)13(8)9)29-21-17(25)16(24)15(23)12(7-22)30-21/h2-6,12,15-17,21-25H,7H2,1H3,(H,26,27)/t12-,15-,16+,17-,21-/m1/s1. The number of carboxylic acids is 1. The number of benzene rings is 2. The van der Waals surface area contributed by atoms with Gasteiger partial charge >= 0.3 is 11.6 Å². The Labute approximate surface area is 174 Å². The van der Waals surface area contributed by atoms with Crippen LogP contribution in [0.2, 0.25) is 0 Å². The zero-order chi connectivity index (χ0) is 22.4. The molecule has 10 heteroatoms. The lowest BCUT2D eigenvalue weighted by Crippen LogP contribution is -2.60. The summed E-state index contributed by atoms with van der Waals surface area (Å²) in [5.41, 5.74) is -0.743. The highest BCUT2D eigenvalue weighted by Gasteiger charge is 2.45. The third kappa shape index (κ3) is 3.44. The first-order valence-electron chi connectivity index (χ1n) is 9.44. The number of carbonyl (C=O) groups is 1. The van der Waals surface area contributed by atoms with E-state index in [1.165, 1.54) is 12.1 Å². The molecule has 0 aliphatic carbocycles. The molecule has 1 aromatic heterocycles. The zero-order valence-corrected chi connectivity index (χ0v) is 16.3. The molecule has 2 aromatic carbocycles. The van der Waals surface area contributed by atoms with Crippen molar-refractivity contribution in [2.24, 2.45) is 0 Å². The van der Waals surface area contributed by atoms with Gasteiger partial charge in [-0.05, 0) is 24.6 Å². The highest BCUT2D eigenvalue weighted by atomic mass is 16.7. The first-order chi connectivity index (χ1) is 14.7. The van der Waals surface area contributed by atoms with Crippen LogP contribution in [0.15, 0.2) is 39.5 Å². The largest absolute Gasteiger partial charge is 0.477 e. The fourth-order valence-corrected chi connectivity index (χ4v) is 3.78. The number of aliphatic hydroxyl groups excluding tert-OH is 4. The summed E-state index contributed by atoms with van der Waals surface area (Å²) in [6.07, 6.45) is -7.86. The molecular weight excluding hydrogens is 412 g/mol. The van der Waals surface area contributed by atoms with Crippen molar-refractivity contribution < 1.29 is 44.2 Å². The number of hydrogen-bond acceptors (Lipinski definition) is 9. The average Bonchev–Trinajstić information content (AvgIpc) is 2.73. The van der Waals surface area contributed by atoms with Gasteiger partial charge in [0.05, 0.1) is 12.0 Å². The number of rotatable bonds is 4. The molecule has 0 radical (unpaired) electrons. The molecule has 0 bridgehead atoms. The minimum Gasteiger partial charge on any atom is -0.477 e. The van der Waals surface area contributed by atoms with Gasteiger partial charge in [0.15, 0.2) is 5.58 Å². The number of aliphatic hydroxyl groups is 4.